The fraction of sp³-hybridized carbons (Fsp3) is 0.647. The fourth-order valence-corrected chi connectivity index (χ4v) is 3.77. The van der Waals surface area contributed by atoms with Crippen molar-refractivity contribution >= 4 is 23.9 Å². The molecule has 0 aromatic carbocycles. The zero-order chi connectivity index (χ0) is 19.2. The van der Waals surface area contributed by atoms with Gasteiger partial charge in [0, 0.05) is 6.08 Å². The van der Waals surface area contributed by atoms with Crippen molar-refractivity contribution in [2.24, 2.45) is 11.8 Å². The number of esters is 4. The minimum absolute atomic E-state index is 0.229. The molecule has 0 aromatic rings. The molecule has 0 N–H and O–H groups in total. The summed E-state index contributed by atoms with van der Waals surface area (Å²) < 4.78 is 26.2. The molecule has 0 saturated carbocycles. The minimum Gasteiger partial charge on any atom is -0.469 e. The Bertz CT molecular complexity index is 667. The summed E-state index contributed by atoms with van der Waals surface area (Å²) >= 11 is 0. The summed E-state index contributed by atoms with van der Waals surface area (Å²) in [6, 6.07) is 0. The molecule has 3 aliphatic rings. The van der Waals surface area contributed by atoms with Gasteiger partial charge in [-0.2, -0.15) is 0 Å². The van der Waals surface area contributed by atoms with E-state index in [0.717, 1.165) is 6.08 Å². The number of rotatable bonds is 6. The standard InChI is InChI=1S/C17H20O9/c1-5-7(18)26-17(2,3)6-8(19)23-13-11-9(15(20)22-4)10-12(24-11)14(13)25-16(10)21/h5,9-14H,1,6H2,2-4H3. The van der Waals surface area contributed by atoms with Crippen LogP contribution in [-0.4, -0.2) is 61.0 Å². The van der Waals surface area contributed by atoms with Crippen molar-refractivity contribution in [1.29, 1.82) is 0 Å². The Hall–Kier alpha value is -2.42. The van der Waals surface area contributed by atoms with Gasteiger partial charge in [0.25, 0.3) is 0 Å². The SMILES string of the molecule is C=CC(=O)OC(C)(C)CC(=O)OC1C2OC(=O)C3C2OC1C3C(=O)OC. The molecular formula is C17H20O9. The van der Waals surface area contributed by atoms with Gasteiger partial charge in [-0.15, -0.1) is 0 Å². The van der Waals surface area contributed by atoms with Gasteiger partial charge in [-0.05, 0) is 13.8 Å². The molecule has 2 bridgehead atoms. The second-order valence-corrected chi connectivity index (χ2v) is 7.06. The van der Waals surface area contributed by atoms with E-state index in [9.17, 15) is 19.2 Å². The van der Waals surface area contributed by atoms with E-state index >= 15 is 0 Å². The van der Waals surface area contributed by atoms with Gasteiger partial charge in [-0.1, -0.05) is 6.58 Å². The molecule has 3 fully saturated rings. The summed E-state index contributed by atoms with van der Waals surface area (Å²) in [4.78, 5) is 47.7. The number of ether oxygens (including phenoxy) is 5. The third-order valence-electron chi connectivity index (χ3n) is 4.76. The van der Waals surface area contributed by atoms with Gasteiger partial charge in [0.15, 0.2) is 12.2 Å². The first-order valence-electron chi connectivity index (χ1n) is 8.17. The van der Waals surface area contributed by atoms with Crippen LogP contribution in [0.5, 0.6) is 0 Å². The molecule has 3 saturated heterocycles. The first kappa shape index (κ1) is 18.4. The Kier molecular flexibility index (Phi) is 4.51. The number of hydrogen-bond donors (Lipinski definition) is 0. The van der Waals surface area contributed by atoms with Crippen LogP contribution in [0.3, 0.4) is 0 Å². The van der Waals surface area contributed by atoms with E-state index in [1.165, 1.54) is 7.11 Å². The van der Waals surface area contributed by atoms with Gasteiger partial charge in [-0.3, -0.25) is 14.4 Å². The van der Waals surface area contributed by atoms with Gasteiger partial charge in [-0.25, -0.2) is 4.79 Å². The van der Waals surface area contributed by atoms with Gasteiger partial charge in [0.1, 0.15) is 29.6 Å². The molecule has 6 unspecified atom stereocenters. The summed E-state index contributed by atoms with van der Waals surface area (Å²) in [5.74, 6) is -4.11. The number of hydrogen-bond acceptors (Lipinski definition) is 9. The zero-order valence-electron chi connectivity index (χ0n) is 14.6. The number of methoxy groups -OCH3 is 1. The smallest absolute Gasteiger partial charge is 0.330 e. The van der Waals surface area contributed by atoms with E-state index in [1.54, 1.807) is 13.8 Å². The number of carbonyl (C=O) groups excluding carboxylic acids is 4. The molecule has 9 nitrogen and oxygen atoms in total. The van der Waals surface area contributed by atoms with Crippen LogP contribution in [0.15, 0.2) is 12.7 Å². The van der Waals surface area contributed by atoms with Crippen molar-refractivity contribution < 1.29 is 42.9 Å². The topological polar surface area (TPSA) is 114 Å². The fourth-order valence-electron chi connectivity index (χ4n) is 3.77. The van der Waals surface area contributed by atoms with E-state index in [2.05, 4.69) is 6.58 Å². The Labute approximate surface area is 149 Å². The summed E-state index contributed by atoms with van der Waals surface area (Å²) in [6.07, 6.45) is -2.34. The third kappa shape index (κ3) is 2.96. The van der Waals surface area contributed by atoms with Gasteiger partial charge in [0.2, 0.25) is 0 Å². The van der Waals surface area contributed by atoms with Crippen LogP contribution in [0, 0.1) is 11.8 Å². The Morgan fingerprint density at radius 2 is 1.92 bits per heavy atom. The molecule has 3 aliphatic heterocycles. The van der Waals surface area contributed by atoms with Crippen molar-refractivity contribution in [3.05, 3.63) is 12.7 Å². The lowest BCUT2D eigenvalue weighted by atomic mass is 9.78. The van der Waals surface area contributed by atoms with Crippen molar-refractivity contribution in [1.82, 2.24) is 0 Å². The van der Waals surface area contributed by atoms with Crippen LogP contribution in [-0.2, 0) is 42.9 Å². The maximum Gasteiger partial charge on any atom is 0.330 e. The maximum atomic E-state index is 12.3. The molecule has 3 rings (SSSR count). The highest BCUT2D eigenvalue weighted by Gasteiger charge is 2.72. The van der Waals surface area contributed by atoms with Crippen molar-refractivity contribution in [3.8, 4) is 0 Å². The van der Waals surface area contributed by atoms with E-state index in [0.29, 0.717) is 0 Å². The monoisotopic (exact) mass is 368 g/mol. The Morgan fingerprint density at radius 3 is 2.54 bits per heavy atom. The minimum atomic E-state index is -1.11. The van der Waals surface area contributed by atoms with Crippen LogP contribution in [0.25, 0.3) is 0 Å². The lowest BCUT2D eigenvalue weighted by Crippen LogP contribution is -2.48. The Balaban J connectivity index is 1.69. The van der Waals surface area contributed by atoms with Gasteiger partial charge >= 0.3 is 23.9 Å². The van der Waals surface area contributed by atoms with E-state index < -0.39 is 65.7 Å². The average molecular weight is 368 g/mol. The lowest BCUT2D eigenvalue weighted by molar-refractivity contribution is -0.170. The van der Waals surface area contributed by atoms with Crippen LogP contribution in [0.1, 0.15) is 20.3 Å². The summed E-state index contributed by atoms with van der Waals surface area (Å²) in [5, 5.41) is 0. The van der Waals surface area contributed by atoms with Gasteiger partial charge in [0.05, 0.1) is 13.5 Å². The zero-order valence-corrected chi connectivity index (χ0v) is 14.6. The third-order valence-corrected chi connectivity index (χ3v) is 4.76. The quantitative estimate of drug-likeness (QED) is 0.360. The van der Waals surface area contributed by atoms with Crippen LogP contribution >= 0.6 is 0 Å². The first-order chi connectivity index (χ1) is 12.2. The van der Waals surface area contributed by atoms with E-state index in [4.69, 9.17) is 23.7 Å². The van der Waals surface area contributed by atoms with Gasteiger partial charge < -0.3 is 23.7 Å². The number of carbonyl (C=O) groups is 4. The molecule has 0 aliphatic carbocycles. The molecule has 26 heavy (non-hydrogen) atoms. The van der Waals surface area contributed by atoms with Crippen molar-refractivity contribution in [2.45, 2.75) is 50.3 Å². The second kappa shape index (κ2) is 6.39. The predicted molar refractivity (Wildman–Crippen MR) is 82.4 cm³/mol. The summed E-state index contributed by atoms with van der Waals surface area (Å²) in [6.45, 7) is 6.40. The average Bonchev–Trinajstić information content (AvgIpc) is 3.16. The maximum absolute atomic E-state index is 12.3. The summed E-state index contributed by atoms with van der Waals surface area (Å²) in [5.41, 5.74) is -1.11. The first-order valence-corrected chi connectivity index (χ1v) is 8.17. The molecule has 0 spiro atoms. The highest BCUT2D eigenvalue weighted by Crippen LogP contribution is 2.51. The Morgan fingerprint density at radius 1 is 1.23 bits per heavy atom. The molecule has 6 atom stereocenters. The molecular weight excluding hydrogens is 348 g/mol. The largest absolute Gasteiger partial charge is 0.469 e. The normalized spacial score (nSPS) is 34.2. The predicted octanol–water partition coefficient (Wildman–Crippen LogP) is -0.0921. The van der Waals surface area contributed by atoms with E-state index in [-0.39, 0.29) is 6.42 Å². The van der Waals surface area contributed by atoms with Crippen LogP contribution in [0.4, 0.5) is 0 Å². The molecule has 9 heteroatoms. The van der Waals surface area contributed by atoms with Crippen molar-refractivity contribution in [2.75, 3.05) is 7.11 Å². The molecule has 0 amide bonds. The van der Waals surface area contributed by atoms with E-state index in [1.807, 2.05) is 0 Å². The lowest BCUT2D eigenvalue weighted by Gasteiger charge is -2.28. The molecule has 3 heterocycles. The van der Waals surface area contributed by atoms with Crippen molar-refractivity contribution in [3.63, 3.8) is 0 Å². The van der Waals surface area contributed by atoms with Crippen LogP contribution < -0.4 is 0 Å². The molecule has 142 valence electrons. The second-order valence-electron chi connectivity index (χ2n) is 7.06. The highest BCUT2D eigenvalue weighted by molar-refractivity contribution is 5.87. The van der Waals surface area contributed by atoms with Crippen LogP contribution in [0.2, 0.25) is 0 Å². The summed E-state index contributed by atoms with van der Waals surface area (Å²) in [7, 11) is 1.21. The molecule has 0 aromatic heterocycles. The molecule has 0 radical (unpaired) electrons. The highest BCUT2D eigenvalue weighted by atomic mass is 16.7. The number of fused-ring (bicyclic) bond motifs is 1.